The van der Waals surface area contributed by atoms with Crippen LogP contribution >= 0.6 is 0 Å². The number of rotatable bonds is 3. The van der Waals surface area contributed by atoms with Crippen LogP contribution < -0.4 is 5.73 Å². The van der Waals surface area contributed by atoms with Crippen molar-refractivity contribution in [1.29, 1.82) is 0 Å². The molecule has 3 aromatic rings. The van der Waals surface area contributed by atoms with Crippen molar-refractivity contribution >= 4 is 0 Å². The first-order chi connectivity index (χ1) is 15.0. The van der Waals surface area contributed by atoms with Gasteiger partial charge in [0.05, 0.1) is 18.8 Å². The summed E-state index contributed by atoms with van der Waals surface area (Å²) in [5.41, 5.74) is 7.19. The summed E-state index contributed by atoms with van der Waals surface area (Å²) in [6, 6.07) is 10.9. The van der Waals surface area contributed by atoms with Crippen molar-refractivity contribution in [2.75, 3.05) is 6.61 Å². The van der Waals surface area contributed by atoms with Crippen LogP contribution in [0.15, 0.2) is 48.7 Å². The maximum atomic E-state index is 13.6. The molecule has 5 unspecified atom stereocenters. The zero-order chi connectivity index (χ0) is 21.5. The summed E-state index contributed by atoms with van der Waals surface area (Å²) in [5, 5.41) is 8.12. The van der Waals surface area contributed by atoms with Crippen molar-refractivity contribution in [2.45, 2.75) is 37.2 Å². The summed E-state index contributed by atoms with van der Waals surface area (Å²) < 4.78 is 59.9. The van der Waals surface area contributed by atoms with Crippen LogP contribution in [0.3, 0.4) is 0 Å². The number of ether oxygens (including phenoxy) is 3. The second-order valence-electron chi connectivity index (χ2n) is 7.53. The minimum Gasteiger partial charge on any atom is -0.355 e. The van der Waals surface area contributed by atoms with Gasteiger partial charge in [-0.1, -0.05) is 35.5 Å². The van der Waals surface area contributed by atoms with Crippen LogP contribution in [0.5, 0.6) is 0 Å². The van der Waals surface area contributed by atoms with Crippen molar-refractivity contribution in [3.8, 4) is 11.3 Å². The number of aromatic nitrogens is 3. The average molecular weight is 432 g/mol. The van der Waals surface area contributed by atoms with E-state index in [9.17, 15) is 13.2 Å². The summed E-state index contributed by atoms with van der Waals surface area (Å²) in [6.45, 7) is 0.282. The third-order valence-corrected chi connectivity index (χ3v) is 5.46. The Morgan fingerprint density at radius 2 is 1.77 bits per heavy atom. The lowest BCUT2D eigenvalue weighted by atomic mass is 9.97. The third-order valence-electron chi connectivity index (χ3n) is 5.46. The molecule has 0 bridgehead atoms. The Bertz CT molecular complexity index is 1060. The van der Waals surface area contributed by atoms with Gasteiger partial charge in [0.15, 0.2) is 23.7 Å². The predicted molar refractivity (Wildman–Crippen MR) is 102 cm³/mol. The molecular formula is C21H19F3N4O3. The van der Waals surface area contributed by atoms with E-state index in [2.05, 4.69) is 10.3 Å². The first kappa shape index (κ1) is 20.1. The standard InChI is InChI=1S/C21H19F3N4O3/c22-13-6-12(7-14(23)19(13)24)15-9-28(27-26-15)16-8-18(25)30-17-10-29-21(31-20(16)17)11-4-2-1-3-5-11/h1-7,9,16-18,20-21H,8,10,25H2. The van der Waals surface area contributed by atoms with Crippen LogP contribution in [0.1, 0.15) is 24.3 Å². The zero-order valence-corrected chi connectivity index (χ0v) is 16.2. The van der Waals surface area contributed by atoms with Gasteiger partial charge in [-0.25, -0.2) is 17.9 Å². The smallest absolute Gasteiger partial charge is 0.194 e. The molecular weight excluding hydrogens is 413 g/mol. The van der Waals surface area contributed by atoms with Crippen LogP contribution in [-0.4, -0.2) is 40.0 Å². The molecule has 0 spiro atoms. The molecule has 2 N–H and O–H groups in total. The third kappa shape index (κ3) is 3.83. The molecule has 31 heavy (non-hydrogen) atoms. The van der Waals surface area contributed by atoms with Gasteiger partial charge in [-0.05, 0) is 12.1 Å². The first-order valence-corrected chi connectivity index (χ1v) is 9.79. The number of fused-ring (bicyclic) bond motifs is 1. The van der Waals surface area contributed by atoms with E-state index in [1.54, 1.807) is 4.68 Å². The molecule has 0 amide bonds. The van der Waals surface area contributed by atoms with Crippen molar-refractivity contribution in [3.05, 3.63) is 71.7 Å². The van der Waals surface area contributed by atoms with Gasteiger partial charge in [0, 0.05) is 17.5 Å². The summed E-state index contributed by atoms with van der Waals surface area (Å²) in [4.78, 5) is 0. The fraction of sp³-hybridized carbons (Fsp3) is 0.333. The molecule has 0 radical (unpaired) electrons. The fourth-order valence-electron chi connectivity index (χ4n) is 3.97. The Kier molecular flexibility index (Phi) is 5.22. The molecule has 1 aromatic heterocycles. The maximum absolute atomic E-state index is 13.6. The molecule has 5 atom stereocenters. The van der Waals surface area contributed by atoms with Crippen LogP contribution in [0, 0.1) is 17.5 Å². The molecule has 3 heterocycles. The second kappa shape index (κ2) is 8.04. The Morgan fingerprint density at radius 1 is 1.03 bits per heavy atom. The molecule has 2 saturated heterocycles. The molecule has 5 rings (SSSR count). The lowest BCUT2D eigenvalue weighted by molar-refractivity contribution is -0.299. The van der Waals surface area contributed by atoms with E-state index in [-0.39, 0.29) is 23.9 Å². The first-order valence-electron chi connectivity index (χ1n) is 9.79. The Balaban J connectivity index is 1.43. The molecule has 10 heteroatoms. The van der Waals surface area contributed by atoms with Crippen LogP contribution in [0.2, 0.25) is 0 Å². The molecule has 162 valence electrons. The maximum Gasteiger partial charge on any atom is 0.194 e. The highest BCUT2D eigenvalue weighted by Gasteiger charge is 2.45. The molecule has 2 aromatic carbocycles. The normalized spacial score (nSPS) is 28.3. The van der Waals surface area contributed by atoms with Gasteiger partial charge in [0.25, 0.3) is 0 Å². The number of halogens is 3. The largest absolute Gasteiger partial charge is 0.355 e. The van der Waals surface area contributed by atoms with E-state index in [4.69, 9.17) is 19.9 Å². The van der Waals surface area contributed by atoms with Gasteiger partial charge < -0.3 is 19.9 Å². The number of nitrogens with two attached hydrogens (primary N) is 1. The molecule has 0 saturated carbocycles. The number of nitrogens with zero attached hydrogens (tertiary/aromatic N) is 3. The van der Waals surface area contributed by atoms with Crippen LogP contribution in [-0.2, 0) is 14.2 Å². The Morgan fingerprint density at radius 3 is 2.52 bits per heavy atom. The molecule has 2 aliphatic heterocycles. The van der Waals surface area contributed by atoms with Gasteiger partial charge in [-0.15, -0.1) is 5.10 Å². The summed E-state index contributed by atoms with van der Waals surface area (Å²) in [7, 11) is 0. The van der Waals surface area contributed by atoms with E-state index in [1.807, 2.05) is 30.3 Å². The Hall–Kier alpha value is -2.79. The highest BCUT2D eigenvalue weighted by molar-refractivity contribution is 5.57. The fourth-order valence-corrected chi connectivity index (χ4v) is 3.97. The van der Waals surface area contributed by atoms with Gasteiger partial charge in [-0.2, -0.15) is 0 Å². The SMILES string of the molecule is NC1CC(n2cc(-c3cc(F)c(F)c(F)c3)nn2)C2OC(c3ccccc3)OCC2O1. The number of benzene rings is 2. The van der Waals surface area contributed by atoms with Crippen molar-refractivity contribution in [3.63, 3.8) is 0 Å². The summed E-state index contributed by atoms with van der Waals surface area (Å²) in [6.07, 6.45) is -0.0804. The monoisotopic (exact) mass is 432 g/mol. The Labute approximate surface area is 175 Å². The van der Waals surface area contributed by atoms with Gasteiger partial charge in [0.1, 0.15) is 24.1 Å². The van der Waals surface area contributed by atoms with E-state index in [1.165, 1.54) is 6.20 Å². The van der Waals surface area contributed by atoms with Gasteiger partial charge in [0.2, 0.25) is 0 Å². The minimum absolute atomic E-state index is 0.0746. The van der Waals surface area contributed by atoms with E-state index in [0.29, 0.717) is 6.42 Å². The molecule has 0 aliphatic carbocycles. The van der Waals surface area contributed by atoms with Crippen molar-refractivity contribution in [1.82, 2.24) is 15.0 Å². The highest BCUT2D eigenvalue weighted by atomic mass is 19.2. The van der Waals surface area contributed by atoms with E-state index >= 15 is 0 Å². The van der Waals surface area contributed by atoms with Crippen molar-refractivity contribution in [2.24, 2.45) is 5.73 Å². The van der Waals surface area contributed by atoms with Crippen LogP contribution in [0.25, 0.3) is 11.3 Å². The van der Waals surface area contributed by atoms with Gasteiger partial charge in [-0.3, -0.25) is 0 Å². The minimum atomic E-state index is -1.53. The molecule has 2 aliphatic rings. The number of hydrogen-bond donors (Lipinski definition) is 1. The molecule has 7 nitrogen and oxygen atoms in total. The second-order valence-corrected chi connectivity index (χ2v) is 7.53. The molecule has 2 fully saturated rings. The number of hydrogen-bond acceptors (Lipinski definition) is 6. The summed E-state index contributed by atoms with van der Waals surface area (Å²) >= 11 is 0. The highest BCUT2D eigenvalue weighted by Crippen LogP contribution is 2.38. The summed E-state index contributed by atoms with van der Waals surface area (Å²) in [5.74, 6) is -4.12. The average Bonchev–Trinajstić information content (AvgIpc) is 3.27. The zero-order valence-electron chi connectivity index (χ0n) is 16.2. The van der Waals surface area contributed by atoms with Crippen molar-refractivity contribution < 1.29 is 27.4 Å². The van der Waals surface area contributed by atoms with Gasteiger partial charge >= 0.3 is 0 Å². The van der Waals surface area contributed by atoms with E-state index < -0.39 is 42.2 Å². The predicted octanol–water partition coefficient (Wildman–Crippen LogP) is 3.09. The lowest BCUT2D eigenvalue weighted by Crippen LogP contribution is -2.54. The van der Waals surface area contributed by atoms with Crippen LogP contribution in [0.4, 0.5) is 13.2 Å². The van der Waals surface area contributed by atoms with E-state index in [0.717, 1.165) is 17.7 Å². The quantitative estimate of drug-likeness (QED) is 0.641. The topological polar surface area (TPSA) is 84.4 Å². The lowest BCUT2D eigenvalue weighted by Gasteiger charge is -2.45.